The second-order valence-electron chi connectivity index (χ2n) is 5.19. The minimum Gasteiger partial charge on any atom is -0.481 e. The number of benzene rings is 2. The number of nitrogens with zero attached hydrogens (tertiary/aromatic N) is 2. The maximum absolute atomic E-state index is 13.3. The number of halogens is 2. The average Bonchev–Trinajstić information content (AvgIpc) is 2.56. The number of aliphatic carboxylic acids is 1. The highest BCUT2D eigenvalue weighted by atomic mass is 19.2. The molecule has 0 saturated carbocycles. The first kappa shape index (κ1) is 15.8. The number of aromatic nitrogens is 2. The molecule has 0 amide bonds. The predicted molar refractivity (Wildman–Crippen MR) is 82.0 cm³/mol. The highest BCUT2D eigenvalue weighted by Crippen LogP contribution is 2.24. The van der Waals surface area contributed by atoms with Gasteiger partial charge in [-0.1, -0.05) is 12.1 Å². The maximum Gasteiger partial charge on any atom is 0.310 e. The molecule has 3 aromatic rings. The molecule has 1 unspecified atom stereocenters. The molecule has 0 aliphatic heterocycles. The second kappa shape index (κ2) is 6.19. The topological polar surface area (TPSA) is 72.3 Å². The Balaban J connectivity index is 1.84. The van der Waals surface area contributed by atoms with Crippen LogP contribution in [-0.2, 0) is 4.79 Å². The van der Waals surface area contributed by atoms with Crippen molar-refractivity contribution in [3.05, 3.63) is 59.8 Å². The van der Waals surface area contributed by atoms with Crippen LogP contribution in [0.5, 0.6) is 11.6 Å². The molecule has 3 rings (SSSR count). The van der Waals surface area contributed by atoms with Crippen molar-refractivity contribution in [2.75, 3.05) is 0 Å². The molecule has 0 fully saturated rings. The molecule has 1 atom stereocenters. The first-order chi connectivity index (χ1) is 11.4. The van der Waals surface area contributed by atoms with Gasteiger partial charge in [0.25, 0.3) is 0 Å². The lowest BCUT2D eigenvalue weighted by atomic mass is 10.0. The van der Waals surface area contributed by atoms with Gasteiger partial charge in [0.1, 0.15) is 5.75 Å². The molecule has 0 aliphatic carbocycles. The monoisotopic (exact) mass is 330 g/mol. The van der Waals surface area contributed by atoms with Crippen LogP contribution in [0.15, 0.2) is 42.6 Å². The van der Waals surface area contributed by atoms with E-state index in [4.69, 9.17) is 9.84 Å². The van der Waals surface area contributed by atoms with Crippen molar-refractivity contribution in [2.24, 2.45) is 0 Å². The van der Waals surface area contributed by atoms with Gasteiger partial charge < -0.3 is 9.84 Å². The number of carbonyl (C=O) groups is 1. The van der Waals surface area contributed by atoms with Crippen molar-refractivity contribution in [1.29, 1.82) is 0 Å². The lowest BCUT2D eigenvalue weighted by Crippen LogP contribution is -2.06. The Hall–Kier alpha value is -3.09. The van der Waals surface area contributed by atoms with Crippen LogP contribution in [-0.4, -0.2) is 21.0 Å². The summed E-state index contributed by atoms with van der Waals surface area (Å²) in [5.41, 5.74) is 1.02. The van der Waals surface area contributed by atoms with Crippen LogP contribution < -0.4 is 4.74 Å². The van der Waals surface area contributed by atoms with Crippen LogP contribution >= 0.6 is 0 Å². The molecule has 2 aromatic carbocycles. The van der Waals surface area contributed by atoms with E-state index >= 15 is 0 Å². The Labute approximate surface area is 135 Å². The van der Waals surface area contributed by atoms with Gasteiger partial charge in [0, 0.05) is 12.1 Å². The molecular weight excluding hydrogens is 318 g/mol. The molecule has 122 valence electrons. The number of hydrogen-bond donors (Lipinski definition) is 1. The van der Waals surface area contributed by atoms with Crippen molar-refractivity contribution in [1.82, 2.24) is 9.97 Å². The van der Waals surface area contributed by atoms with Crippen LogP contribution in [0.1, 0.15) is 18.4 Å². The van der Waals surface area contributed by atoms with Crippen molar-refractivity contribution < 1.29 is 23.4 Å². The molecule has 5 nitrogen and oxygen atoms in total. The molecular formula is C17H12F2N2O3. The summed E-state index contributed by atoms with van der Waals surface area (Å²) in [7, 11) is 0. The number of carboxylic acids is 1. The van der Waals surface area contributed by atoms with Crippen molar-refractivity contribution in [3.63, 3.8) is 0 Å². The third-order valence-electron chi connectivity index (χ3n) is 3.54. The Kier molecular flexibility index (Phi) is 4.07. The van der Waals surface area contributed by atoms with Crippen molar-refractivity contribution in [2.45, 2.75) is 12.8 Å². The van der Waals surface area contributed by atoms with E-state index < -0.39 is 23.5 Å². The standard InChI is InChI=1S/C17H12F2N2O3/c1-9(17(22)23)10-2-4-11(5-3-10)24-16-8-20-14-6-12(18)13(19)7-15(14)21-16/h2-9H,1H3,(H,22,23). The van der Waals surface area contributed by atoms with Crippen LogP contribution in [0.3, 0.4) is 0 Å². The van der Waals surface area contributed by atoms with E-state index in [2.05, 4.69) is 9.97 Å². The highest BCUT2D eigenvalue weighted by molar-refractivity contribution is 5.75. The Bertz CT molecular complexity index is 914. The summed E-state index contributed by atoms with van der Waals surface area (Å²) < 4.78 is 31.9. The van der Waals surface area contributed by atoms with Gasteiger partial charge in [0.05, 0.1) is 23.1 Å². The van der Waals surface area contributed by atoms with E-state index in [1.54, 1.807) is 31.2 Å². The fourth-order valence-corrected chi connectivity index (χ4v) is 2.13. The van der Waals surface area contributed by atoms with Gasteiger partial charge in [0.15, 0.2) is 11.6 Å². The zero-order valence-corrected chi connectivity index (χ0v) is 12.5. The quantitative estimate of drug-likeness (QED) is 0.786. The largest absolute Gasteiger partial charge is 0.481 e. The lowest BCUT2D eigenvalue weighted by Gasteiger charge is -2.09. The lowest BCUT2D eigenvalue weighted by molar-refractivity contribution is -0.138. The fraction of sp³-hybridized carbons (Fsp3) is 0.118. The maximum atomic E-state index is 13.3. The number of ether oxygens (including phenoxy) is 1. The molecule has 0 aliphatic rings. The second-order valence-corrected chi connectivity index (χ2v) is 5.19. The summed E-state index contributed by atoms with van der Waals surface area (Å²) in [5, 5.41) is 8.98. The molecule has 1 N–H and O–H groups in total. The first-order valence-electron chi connectivity index (χ1n) is 7.06. The van der Waals surface area contributed by atoms with Gasteiger partial charge in [-0.25, -0.2) is 18.7 Å². The van der Waals surface area contributed by atoms with Gasteiger partial charge in [0.2, 0.25) is 5.88 Å². The smallest absolute Gasteiger partial charge is 0.310 e. The third-order valence-corrected chi connectivity index (χ3v) is 3.54. The summed E-state index contributed by atoms with van der Waals surface area (Å²) in [5.74, 6) is -3.01. The molecule has 1 aromatic heterocycles. The van der Waals surface area contributed by atoms with Gasteiger partial charge in [-0.3, -0.25) is 4.79 Å². The predicted octanol–water partition coefficient (Wildman–Crippen LogP) is 3.89. The van der Waals surface area contributed by atoms with E-state index in [0.717, 1.165) is 12.1 Å². The average molecular weight is 330 g/mol. The normalized spacial score (nSPS) is 12.1. The summed E-state index contributed by atoms with van der Waals surface area (Å²) in [6, 6.07) is 8.39. The van der Waals surface area contributed by atoms with Crippen molar-refractivity contribution >= 4 is 17.0 Å². The zero-order chi connectivity index (χ0) is 17.3. The van der Waals surface area contributed by atoms with E-state index in [1.807, 2.05) is 0 Å². The number of rotatable bonds is 4. The molecule has 0 radical (unpaired) electrons. The number of fused-ring (bicyclic) bond motifs is 1. The van der Waals surface area contributed by atoms with E-state index in [1.165, 1.54) is 6.20 Å². The molecule has 0 spiro atoms. The molecule has 0 bridgehead atoms. The molecule has 24 heavy (non-hydrogen) atoms. The van der Waals surface area contributed by atoms with E-state index in [9.17, 15) is 13.6 Å². The Morgan fingerprint density at radius 1 is 1.12 bits per heavy atom. The molecule has 1 heterocycles. The van der Waals surface area contributed by atoms with Gasteiger partial charge in [-0.2, -0.15) is 0 Å². The van der Waals surface area contributed by atoms with E-state index in [0.29, 0.717) is 11.3 Å². The van der Waals surface area contributed by atoms with Crippen LogP contribution in [0.2, 0.25) is 0 Å². The van der Waals surface area contributed by atoms with Crippen LogP contribution in [0, 0.1) is 11.6 Å². The molecule has 0 saturated heterocycles. The zero-order valence-electron chi connectivity index (χ0n) is 12.5. The van der Waals surface area contributed by atoms with Gasteiger partial charge in [-0.05, 0) is 24.6 Å². The van der Waals surface area contributed by atoms with Crippen LogP contribution in [0.4, 0.5) is 8.78 Å². The minimum absolute atomic E-state index is 0.118. The SMILES string of the molecule is CC(C(=O)O)c1ccc(Oc2cnc3cc(F)c(F)cc3n2)cc1. The van der Waals surface area contributed by atoms with Crippen LogP contribution in [0.25, 0.3) is 11.0 Å². The highest BCUT2D eigenvalue weighted by Gasteiger charge is 2.13. The fourth-order valence-electron chi connectivity index (χ4n) is 2.13. The minimum atomic E-state index is -1.01. The molecule has 7 heteroatoms. The first-order valence-corrected chi connectivity index (χ1v) is 7.06. The summed E-state index contributed by atoms with van der Waals surface area (Å²) in [4.78, 5) is 19.0. The number of carboxylic acid groups (broad SMARTS) is 1. The summed E-state index contributed by atoms with van der Waals surface area (Å²) >= 11 is 0. The van der Waals surface area contributed by atoms with Gasteiger partial charge in [-0.15, -0.1) is 0 Å². The Morgan fingerprint density at radius 2 is 1.75 bits per heavy atom. The van der Waals surface area contributed by atoms with E-state index in [-0.39, 0.29) is 16.9 Å². The third kappa shape index (κ3) is 3.15. The Morgan fingerprint density at radius 3 is 2.38 bits per heavy atom. The summed E-state index contributed by atoms with van der Waals surface area (Å²) in [6.45, 7) is 1.58. The summed E-state index contributed by atoms with van der Waals surface area (Å²) in [6.07, 6.45) is 1.30. The van der Waals surface area contributed by atoms with Gasteiger partial charge >= 0.3 is 5.97 Å². The number of hydrogen-bond acceptors (Lipinski definition) is 4. The van der Waals surface area contributed by atoms with Crippen molar-refractivity contribution in [3.8, 4) is 11.6 Å².